The van der Waals surface area contributed by atoms with E-state index in [0.717, 1.165) is 60.9 Å². The Morgan fingerprint density at radius 3 is 1.35 bits per heavy atom. The Bertz CT molecular complexity index is 5550. The molecule has 0 N–H and O–H groups in total. The number of para-hydroxylation sites is 5. The summed E-state index contributed by atoms with van der Waals surface area (Å²) < 4.78 is 22.6. The van der Waals surface area contributed by atoms with Crippen molar-refractivity contribution in [1.82, 2.24) is 13.7 Å². The summed E-state index contributed by atoms with van der Waals surface area (Å²) in [6.07, 6.45) is 0. The van der Waals surface area contributed by atoms with Gasteiger partial charge in [-0.25, -0.2) is 0 Å². The van der Waals surface area contributed by atoms with Crippen molar-refractivity contribution in [3.63, 3.8) is 0 Å². The second-order valence-electron chi connectivity index (χ2n) is 20.8. The smallest absolute Gasteiger partial charge is 0.135 e. The number of hydrogen-bond acceptors (Lipinski definition) is 3. The predicted octanol–water partition coefficient (Wildman–Crippen LogP) is 20.5. The van der Waals surface area contributed by atoms with Gasteiger partial charge in [0.1, 0.15) is 22.3 Å². The number of fused-ring (bicyclic) bond motifs is 19. The summed E-state index contributed by atoms with van der Waals surface area (Å²) in [6.45, 7) is 0. The van der Waals surface area contributed by atoms with Crippen molar-refractivity contribution in [2.24, 2.45) is 0 Å². The number of thiophene rings is 1. The van der Waals surface area contributed by atoms with Gasteiger partial charge in [0.15, 0.2) is 0 Å². The fraction of sp³-hybridized carbons (Fsp3) is 0. The van der Waals surface area contributed by atoms with E-state index in [1.54, 1.807) is 0 Å². The van der Waals surface area contributed by atoms with Gasteiger partial charge in [-0.1, -0.05) is 127 Å². The first kappa shape index (κ1) is 42.1. The molecule has 12 aromatic carbocycles. The quantitative estimate of drug-likeness (QED) is 0.172. The molecule has 0 aliphatic heterocycles. The minimum Gasteiger partial charge on any atom is -0.456 e. The van der Waals surface area contributed by atoms with Crippen LogP contribution in [-0.4, -0.2) is 13.7 Å². The van der Waals surface area contributed by atoms with E-state index < -0.39 is 0 Å². The largest absolute Gasteiger partial charge is 0.456 e. The van der Waals surface area contributed by atoms with Crippen molar-refractivity contribution < 1.29 is 8.83 Å². The molecule has 0 fully saturated rings. The number of nitrogens with zero attached hydrogens (tertiary/aromatic N) is 3. The van der Waals surface area contributed by atoms with Gasteiger partial charge in [0.05, 0.1) is 33.1 Å². The lowest BCUT2D eigenvalue weighted by Crippen LogP contribution is -1.94. The van der Waals surface area contributed by atoms with Crippen molar-refractivity contribution in [1.29, 1.82) is 0 Å². The Morgan fingerprint density at radius 2 is 0.679 bits per heavy atom. The molecule has 0 bridgehead atoms. The summed E-state index contributed by atoms with van der Waals surface area (Å²) in [7, 11) is 0. The van der Waals surface area contributed by atoms with Crippen LogP contribution in [0.15, 0.2) is 258 Å². The molecule has 6 aromatic heterocycles. The Labute approximate surface area is 448 Å². The molecule has 0 aliphatic rings. The van der Waals surface area contributed by atoms with Crippen molar-refractivity contribution in [3.8, 4) is 39.3 Å². The lowest BCUT2D eigenvalue weighted by Gasteiger charge is -2.11. The zero-order valence-electron chi connectivity index (χ0n) is 41.7. The van der Waals surface area contributed by atoms with Gasteiger partial charge >= 0.3 is 0 Å². The summed E-state index contributed by atoms with van der Waals surface area (Å²) in [5.74, 6) is 0. The second kappa shape index (κ2) is 15.7. The van der Waals surface area contributed by atoms with Crippen LogP contribution in [0.5, 0.6) is 0 Å². The lowest BCUT2D eigenvalue weighted by atomic mass is 10.0. The molecule has 78 heavy (non-hydrogen) atoms. The SMILES string of the molecule is c1cc(-c2ccc3sc4c(ccc5c4c4ccccc4n5-c4ccc5oc6ccc(-n7c8ccccc8c8ccccc87)cc6c5c4)c3c2)cc(-n2c3ccccc3c3cc(-c4ccc5oc6ccccc6c5c4)ccc32)c1. The van der Waals surface area contributed by atoms with Crippen molar-refractivity contribution in [3.05, 3.63) is 249 Å². The summed E-state index contributed by atoms with van der Waals surface area (Å²) in [4.78, 5) is 0. The fourth-order valence-corrected chi connectivity index (χ4v) is 14.4. The standard InChI is InChI=1S/C72H41N3O2S/c1-6-19-60-49(14-1)50-15-2-7-20-61(50)74(60)47-27-33-68-57(40-47)58-41-48(28-34-69(58)77-68)75-63-22-9-4-18-54(63)71-65(75)31-29-53-59-39-45(26-35-70(59)78-72(53)71)42-12-11-13-46(36-42)73-62-21-8-3-16-51(62)55-37-43(24-30-64(55)73)44-25-32-67-56(38-44)52-17-5-10-23-66(52)76-67/h1-41H. The highest BCUT2D eigenvalue weighted by Crippen LogP contribution is 2.46. The van der Waals surface area contributed by atoms with Crippen LogP contribution in [0.2, 0.25) is 0 Å². The van der Waals surface area contributed by atoms with Crippen LogP contribution >= 0.6 is 11.3 Å². The summed E-state index contributed by atoms with van der Waals surface area (Å²) in [5.41, 5.74) is 18.8. The van der Waals surface area contributed by atoms with Crippen LogP contribution in [0.3, 0.4) is 0 Å². The van der Waals surface area contributed by atoms with E-state index in [-0.39, 0.29) is 0 Å². The predicted molar refractivity (Wildman–Crippen MR) is 328 cm³/mol. The highest BCUT2D eigenvalue weighted by molar-refractivity contribution is 7.26. The van der Waals surface area contributed by atoms with Crippen LogP contribution in [0, 0.1) is 0 Å². The van der Waals surface area contributed by atoms with Gasteiger partial charge in [0, 0.05) is 91.1 Å². The Morgan fingerprint density at radius 1 is 0.244 bits per heavy atom. The third-order valence-corrected chi connectivity index (χ3v) is 17.8. The normalized spacial score (nSPS) is 12.4. The minimum atomic E-state index is 0.876. The molecule has 18 rings (SSSR count). The fourth-order valence-electron chi connectivity index (χ4n) is 13.1. The third kappa shape index (κ3) is 5.89. The zero-order chi connectivity index (χ0) is 50.7. The van der Waals surface area contributed by atoms with E-state index in [1.807, 2.05) is 23.5 Å². The van der Waals surface area contributed by atoms with E-state index in [9.17, 15) is 0 Å². The number of hydrogen-bond donors (Lipinski definition) is 0. The minimum absolute atomic E-state index is 0.876. The van der Waals surface area contributed by atoms with E-state index in [2.05, 4.69) is 250 Å². The van der Waals surface area contributed by atoms with Crippen LogP contribution in [0.4, 0.5) is 0 Å². The molecule has 18 aromatic rings. The molecule has 0 radical (unpaired) electrons. The maximum atomic E-state index is 6.55. The van der Waals surface area contributed by atoms with Gasteiger partial charge in [0.25, 0.3) is 0 Å². The van der Waals surface area contributed by atoms with Crippen LogP contribution in [-0.2, 0) is 0 Å². The molecule has 0 amide bonds. The maximum absolute atomic E-state index is 6.55. The van der Waals surface area contributed by atoms with E-state index >= 15 is 0 Å². The van der Waals surface area contributed by atoms with Gasteiger partial charge in [-0.15, -0.1) is 11.3 Å². The summed E-state index contributed by atoms with van der Waals surface area (Å²) in [5, 5.41) is 14.5. The maximum Gasteiger partial charge on any atom is 0.135 e. The summed E-state index contributed by atoms with van der Waals surface area (Å²) in [6, 6.07) is 90.8. The van der Waals surface area contributed by atoms with Gasteiger partial charge in [-0.3, -0.25) is 0 Å². The molecular weight excluding hydrogens is 971 g/mol. The molecule has 0 atom stereocenters. The molecule has 0 saturated carbocycles. The number of furan rings is 2. The molecule has 6 heterocycles. The average Bonchev–Trinajstić information content (AvgIpc) is 4.41. The number of benzene rings is 12. The Kier molecular flexibility index (Phi) is 8.49. The van der Waals surface area contributed by atoms with Crippen LogP contribution in [0.25, 0.3) is 169 Å². The van der Waals surface area contributed by atoms with E-state index in [0.29, 0.717) is 0 Å². The first-order valence-electron chi connectivity index (χ1n) is 26.5. The first-order valence-corrected chi connectivity index (χ1v) is 27.4. The molecule has 362 valence electrons. The van der Waals surface area contributed by atoms with Gasteiger partial charge in [0.2, 0.25) is 0 Å². The Hall–Kier alpha value is -10.1. The van der Waals surface area contributed by atoms with Crippen molar-refractivity contribution in [2.75, 3.05) is 0 Å². The molecule has 0 spiro atoms. The molecule has 0 saturated heterocycles. The molecule has 5 nitrogen and oxygen atoms in total. The first-order chi connectivity index (χ1) is 38.6. The van der Waals surface area contributed by atoms with Gasteiger partial charge in [-0.2, -0.15) is 0 Å². The highest BCUT2D eigenvalue weighted by Gasteiger charge is 2.21. The third-order valence-electron chi connectivity index (χ3n) is 16.6. The van der Waals surface area contributed by atoms with E-state index in [1.165, 1.54) is 108 Å². The number of rotatable bonds is 5. The summed E-state index contributed by atoms with van der Waals surface area (Å²) >= 11 is 1.89. The molecule has 0 unspecified atom stereocenters. The van der Waals surface area contributed by atoms with E-state index in [4.69, 9.17) is 8.83 Å². The van der Waals surface area contributed by atoms with Gasteiger partial charge in [-0.05, 0) is 144 Å². The lowest BCUT2D eigenvalue weighted by molar-refractivity contribution is 0.668. The van der Waals surface area contributed by atoms with Crippen LogP contribution in [0.1, 0.15) is 0 Å². The average molecular weight is 1010 g/mol. The Balaban J connectivity index is 0.742. The highest BCUT2D eigenvalue weighted by atomic mass is 32.1. The number of aromatic nitrogens is 3. The molecule has 0 aliphatic carbocycles. The van der Waals surface area contributed by atoms with Crippen LogP contribution < -0.4 is 0 Å². The zero-order valence-corrected chi connectivity index (χ0v) is 42.6. The molecule has 6 heteroatoms. The van der Waals surface area contributed by atoms with Gasteiger partial charge < -0.3 is 22.5 Å². The van der Waals surface area contributed by atoms with Crippen molar-refractivity contribution in [2.45, 2.75) is 0 Å². The molecular formula is C72H41N3O2S. The topological polar surface area (TPSA) is 41.1 Å². The second-order valence-corrected chi connectivity index (χ2v) is 21.8. The monoisotopic (exact) mass is 1010 g/mol. The van der Waals surface area contributed by atoms with Crippen molar-refractivity contribution >= 4 is 141 Å².